The molecule has 2 aromatic heterocycles. The van der Waals surface area contributed by atoms with E-state index in [4.69, 9.17) is 29.4 Å². The third kappa shape index (κ3) is 9.77. The first-order valence-electron chi connectivity index (χ1n) is 22.4. The van der Waals surface area contributed by atoms with Crippen LogP contribution in [-0.4, -0.2) is 19.9 Å². The van der Waals surface area contributed by atoms with Crippen molar-refractivity contribution in [3.8, 4) is 56.5 Å². The third-order valence-electron chi connectivity index (χ3n) is 11.9. The Hall–Kier alpha value is -4.32. The summed E-state index contributed by atoms with van der Waals surface area (Å²) in [6.07, 6.45) is 5.28. The van der Waals surface area contributed by atoms with Crippen molar-refractivity contribution in [3.05, 3.63) is 119 Å². The van der Waals surface area contributed by atoms with Crippen LogP contribution in [0, 0.1) is 23.0 Å². The van der Waals surface area contributed by atoms with Crippen molar-refractivity contribution in [3.63, 3.8) is 0 Å². The van der Waals surface area contributed by atoms with Crippen LogP contribution in [0.5, 0.6) is 11.5 Å². The van der Waals surface area contributed by atoms with Gasteiger partial charge in [0.2, 0.25) is 0 Å². The summed E-state index contributed by atoms with van der Waals surface area (Å²) in [7, 11) is 0. The molecule has 0 bridgehead atoms. The molecule has 2 aliphatic rings. The molecule has 0 N–H and O–H groups in total. The molecule has 0 saturated carbocycles. The van der Waals surface area contributed by atoms with E-state index in [0.29, 0.717) is 11.5 Å². The van der Waals surface area contributed by atoms with Crippen molar-refractivity contribution in [2.24, 2.45) is 10.8 Å². The van der Waals surface area contributed by atoms with Gasteiger partial charge in [0.1, 0.15) is 46.7 Å². The number of hydrogen-bond donors (Lipinski definition) is 0. The van der Waals surface area contributed by atoms with Gasteiger partial charge in [0, 0.05) is 33.6 Å². The van der Waals surface area contributed by atoms with Gasteiger partial charge in [0.25, 0.3) is 0 Å². The van der Waals surface area contributed by atoms with E-state index in [0.717, 1.165) is 78.8 Å². The van der Waals surface area contributed by atoms with Crippen molar-refractivity contribution in [2.75, 3.05) is 0 Å². The van der Waals surface area contributed by atoms with Crippen molar-refractivity contribution < 1.29 is 30.5 Å². The number of aromatic nitrogens is 4. The van der Waals surface area contributed by atoms with E-state index >= 15 is 0 Å². The molecule has 0 fully saturated rings. The molecular formula is C56H64N4O2PtS. The predicted molar refractivity (Wildman–Crippen MR) is 259 cm³/mol. The zero-order valence-corrected chi connectivity index (χ0v) is 43.8. The minimum atomic E-state index is -0.593. The Balaban J connectivity index is 0.00000612. The van der Waals surface area contributed by atoms with Crippen LogP contribution in [0.1, 0.15) is 144 Å². The predicted octanol–water partition coefficient (Wildman–Crippen LogP) is 14.7. The minimum Gasteiger partial charge on any atom is -0.488 e. The van der Waals surface area contributed by atoms with Gasteiger partial charge in [-0.3, -0.25) is 9.97 Å². The number of hydrogen-bond acceptors (Lipinski definition) is 7. The van der Waals surface area contributed by atoms with Crippen LogP contribution in [0.15, 0.2) is 83.1 Å². The fourth-order valence-corrected chi connectivity index (χ4v) is 9.73. The Bertz CT molecular complexity index is 2570. The second-order valence-corrected chi connectivity index (χ2v) is 24.2. The van der Waals surface area contributed by atoms with Gasteiger partial charge in [0.05, 0.1) is 0 Å². The van der Waals surface area contributed by atoms with Crippen LogP contribution in [0.4, 0.5) is 0 Å². The molecule has 0 atom stereocenters. The first-order valence-corrected chi connectivity index (χ1v) is 23.2. The van der Waals surface area contributed by atoms with E-state index in [1.165, 1.54) is 22.3 Å². The Labute approximate surface area is 401 Å². The standard InChI is InChI=1S/C56H64N4O2S.Pt/c1-51(2,3)29-33-17-19-41-43(21-33)55(13,14)61-49-45(57-31-59-47(41)49)35-23-37(53(7,8)9)27-39(25-35)63-40-26-36(24-38(28-40)54(10,11)12)46-50-48(60-32-58-46)42-20-18-34(30-52(4,5)6)22-44(42)56(15,16)62-50;/h17-24,27-28,31-32H,29-30H2,1-16H3;/q-2;+2. The summed E-state index contributed by atoms with van der Waals surface area (Å²) < 4.78 is 13.9. The van der Waals surface area contributed by atoms with E-state index in [2.05, 4.69) is 184 Å². The van der Waals surface area contributed by atoms with Crippen molar-refractivity contribution in [1.29, 1.82) is 0 Å². The summed E-state index contributed by atoms with van der Waals surface area (Å²) in [6, 6.07) is 30.0. The summed E-state index contributed by atoms with van der Waals surface area (Å²) in [6.45, 7) is 35.7. The molecule has 0 unspecified atom stereocenters. The van der Waals surface area contributed by atoms with Crippen LogP contribution in [-0.2, 0) is 55.9 Å². The third-order valence-corrected chi connectivity index (χ3v) is 12.8. The SMILES string of the molecule is CC(C)(C)Cc1ccc2c(c1)C(C)(C)Oc1c(-c3[c-]c(Sc4[c-]c(-c5ncnc6c5OC(C)(C)c5cc(CC(C)(C)C)ccc5-6)cc(C(C)(C)C)c4)cc(C(C)(C)C)c3)ncnc1-2.[Pt+2]. The van der Waals surface area contributed by atoms with Gasteiger partial charge in [-0.25, -0.2) is 9.97 Å². The Morgan fingerprint density at radius 3 is 1.20 bits per heavy atom. The van der Waals surface area contributed by atoms with Crippen LogP contribution < -0.4 is 9.47 Å². The summed E-state index contributed by atoms with van der Waals surface area (Å²) in [5, 5.41) is 0. The average molecular weight is 1050 g/mol. The molecule has 64 heavy (non-hydrogen) atoms. The molecule has 0 amide bonds. The Kier molecular flexibility index (Phi) is 12.3. The monoisotopic (exact) mass is 1050 g/mol. The maximum Gasteiger partial charge on any atom is 2.00 e. The molecule has 0 spiro atoms. The summed E-state index contributed by atoms with van der Waals surface area (Å²) in [5.74, 6) is 1.37. The quantitative estimate of drug-likeness (QED) is 0.154. The molecule has 336 valence electrons. The fourth-order valence-electron chi connectivity index (χ4n) is 8.80. The van der Waals surface area contributed by atoms with Crippen molar-refractivity contribution in [2.45, 2.75) is 155 Å². The molecular weight excluding hydrogens is 988 g/mol. The second kappa shape index (κ2) is 16.5. The zero-order valence-electron chi connectivity index (χ0n) is 40.7. The van der Waals surface area contributed by atoms with Crippen LogP contribution >= 0.6 is 11.8 Å². The van der Waals surface area contributed by atoms with Gasteiger partial charge in [-0.1, -0.05) is 129 Å². The maximum atomic E-state index is 6.94. The first-order chi connectivity index (χ1) is 29.1. The number of rotatable bonds is 6. The maximum absolute atomic E-state index is 6.94. The molecule has 0 aliphatic carbocycles. The van der Waals surface area contributed by atoms with Gasteiger partial charge in [-0.15, -0.1) is 70.4 Å². The molecule has 8 heteroatoms. The molecule has 6 aromatic rings. The van der Waals surface area contributed by atoms with E-state index < -0.39 is 11.2 Å². The topological polar surface area (TPSA) is 70.0 Å². The number of benzene rings is 4. The average Bonchev–Trinajstić information content (AvgIpc) is 3.15. The molecule has 4 heterocycles. The van der Waals surface area contributed by atoms with E-state index in [9.17, 15) is 0 Å². The largest absolute Gasteiger partial charge is 2.00 e. The van der Waals surface area contributed by atoms with E-state index in [1.807, 2.05) is 0 Å². The summed E-state index contributed by atoms with van der Waals surface area (Å²) in [5.41, 5.74) is 13.0. The fraction of sp³-hybridized carbons (Fsp3) is 0.429. The minimum absolute atomic E-state index is 0. The number of ether oxygens (including phenoxy) is 2. The molecule has 4 aromatic carbocycles. The molecule has 6 nitrogen and oxygen atoms in total. The van der Waals surface area contributed by atoms with Crippen LogP contribution in [0.25, 0.3) is 45.0 Å². The van der Waals surface area contributed by atoms with Gasteiger partial charge in [-0.05, 0) is 73.3 Å². The summed E-state index contributed by atoms with van der Waals surface area (Å²) >= 11 is 1.65. The van der Waals surface area contributed by atoms with Crippen molar-refractivity contribution in [1.82, 2.24) is 19.9 Å². The molecule has 8 rings (SSSR count). The smallest absolute Gasteiger partial charge is 0.488 e. The molecule has 0 saturated heterocycles. The normalized spacial score (nSPS) is 15.1. The number of fused-ring (bicyclic) bond motifs is 6. The second-order valence-electron chi connectivity index (χ2n) is 23.2. The summed E-state index contributed by atoms with van der Waals surface area (Å²) in [4.78, 5) is 21.4. The molecule has 0 radical (unpaired) electrons. The van der Waals surface area contributed by atoms with Gasteiger partial charge >= 0.3 is 21.1 Å². The van der Waals surface area contributed by atoms with Gasteiger partial charge in [-0.2, -0.15) is 0 Å². The number of nitrogens with zero attached hydrogens (tertiary/aromatic N) is 4. The van der Waals surface area contributed by atoms with Gasteiger partial charge in [0.15, 0.2) is 0 Å². The Morgan fingerprint density at radius 2 is 0.859 bits per heavy atom. The first kappa shape index (κ1) is 47.6. The van der Waals surface area contributed by atoms with E-state index in [-0.39, 0.29) is 42.7 Å². The molecule has 2 aliphatic heterocycles. The van der Waals surface area contributed by atoms with Gasteiger partial charge < -0.3 is 9.47 Å². The van der Waals surface area contributed by atoms with Crippen molar-refractivity contribution >= 4 is 11.8 Å². The van der Waals surface area contributed by atoms with Crippen LogP contribution in [0.2, 0.25) is 0 Å². The Morgan fingerprint density at radius 1 is 0.500 bits per heavy atom. The van der Waals surface area contributed by atoms with Crippen LogP contribution in [0.3, 0.4) is 0 Å². The van der Waals surface area contributed by atoms with E-state index in [1.54, 1.807) is 24.4 Å². The zero-order chi connectivity index (χ0) is 45.7.